The summed E-state index contributed by atoms with van der Waals surface area (Å²) in [5.41, 5.74) is 3.52. The molecule has 2 heterocycles. The van der Waals surface area contributed by atoms with Crippen LogP contribution >= 0.6 is 0 Å². The van der Waals surface area contributed by atoms with E-state index >= 15 is 0 Å². The Bertz CT molecular complexity index is 633. The van der Waals surface area contributed by atoms with E-state index in [1.54, 1.807) is 0 Å². The summed E-state index contributed by atoms with van der Waals surface area (Å²) in [5.74, 6) is -0.775. The number of carboxylic acid groups (broad SMARTS) is 1. The van der Waals surface area contributed by atoms with Gasteiger partial charge in [-0.3, -0.25) is 9.69 Å². The fourth-order valence-electron chi connectivity index (χ4n) is 3.00. The Balaban J connectivity index is 2.04. The molecule has 0 radical (unpaired) electrons. The molecular weight excluding hydrogens is 252 g/mol. The number of nitrogens with zero attached hydrogens (tertiary/aromatic N) is 2. The third-order valence-corrected chi connectivity index (χ3v) is 3.83. The lowest BCUT2D eigenvalue weighted by molar-refractivity contribution is -0.139. The maximum atomic E-state index is 11.1. The first kappa shape index (κ1) is 12.9. The molecule has 20 heavy (non-hydrogen) atoms. The molecule has 4 heteroatoms. The van der Waals surface area contributed by atoms with Gasteiger partial charge >= 0.3 is 5.97 Å². The van der Waals surface area contributed by atoms with Crippen molar-refractivity contribution in [3.8, 4) is 0 Å². The molecule has 1 unspecified atom stereocenters. The summed E-state index contributed by atoms with van der Waals surface area (Å²) in [6, 6.07) is 12.5. The van der Waals surface area contributed by atoms with Crippen molar-refractivity contribution in [2.45, 2.75) is 19.5 Å². The van der Waals surface area contributed by atoms with Gasteiger partial charge in [0, 0.05) is 25.0 Å². The molecule has 1 N–H and O–H groups in total. The molecule has 0 fully saturated rings. The second-order valence-electron chi connectivity index (χ2n) is 5.31. The van der Waals surface area contributed by atoms with Crippen molar-refractivity contribution in [1.82, 2.24) is 9.47 Å². The maximum Gasteiger partial charge on any atom is 0.317 e. The molecule has 1 atom stereocenters. The van der Waals surface area contributed by atoms with Crippen molar-refractivity contribution in [2.75, 3.05) is 13.1 Å². The van der Waals surface area contributed by atoms with Crippen LogP contribution in [0, 0.1) is 6.92 Å². The monoisotopic (exact) mass is 270 g/mol. The molecule has 2 aromatic rings. The lowest BCUT2D eigenvalue weighted by Gasteiger charge is -2.36. The van der Waals surface area contributed by atoms with Gasteiger partial charge in [0.2, 0.25) is 0 Å². The first-order valence-corrected chi connectivity index (χ1v) is 6.82. The molecule has 0 amide bonds. The van der Waals surface area contributed by atoms with E-state index in [1.807, 2.05) is 17.0 Å². The molecule has 1 aromatic carbocycles. The van der Waals surface area contributed by atoms with E-state index < -0.39 is 5.97 Å². The van der Waals surface area contributed by atoms with Crippen LogP contribution in [-0.2, 0) is 11.3 Å². The van der Waals surface area contributed by atoms with Crippen LogP contribution in [0.3, 0.4) is 0 Å². The van der Waals surface area contributed by atoms with Crippen molar-refractivity contribution in [2.24, 2.45) is 0 Å². The van der Waals surface area contributed by atoms with Crippen molar-refractivity contribution in [3.63, 3.8) is 0 Å². The van der Waals surface area contributed by atoms with Crippen molar-refractivity contribution in [3.05, 3.63) is 59.4 Å². The quantitative estimate of drug-likeness (QED) is 0.930. The van der Waals surface area contributed by atoms with Gasteiger partial charge in [-0.25, -0.2) is 0 Å². The summed E-state index contributed by atoms with van der Waals surface area (Å²) in [5, 5.41) is 9.14. The number of hydrogen-bond donors (Lipinski definition) is 1. The molecule has 0 bridgehead atoms. The molecule has 0 saturated carbocycles. The van der Waals surface area contributed by atoms with Crippen molar-refractivity contribution in [1.29, 1.82) is 0 Å². The lowest BCUT2D eigenvalue weighted by Crippen LogP contribution is -2.41. The van der Waals surface area contributed by atoms with Crippen LogP contribution in [0.2, 0.25) is 0 Å². The smallest absolute Gasteiger partial charge is 0.317 e. The molecule has 1 aliphatic heterocycles. The van der Waals surface area contributed by atoms with Gasteiger partial charge in [0.05, 0.1) is 12.6 Å². The van der Waals surface area contributed by atoms with Crippen LogP contribution in [0.1, 0.15) is 22.9 Å². The molecule has 1 aromatic heterocycles. The highest BCUT2D eigenvalue weighted by Gasteiger charge is 2.29. The average Bonchev–Trinajstić information content (AvgIpc) is 2.86. The summed E-state index contributed by atoms with van der Waals surface area (Å²) >= 11 is 0. The second-order valence-corrected chi connectivity index (χ2v) is 5.31. The number of benzene rings is 1. The number of aliphatic carboxylic acids is 1. The van der Waals surface area contributed by atoms with Gasteiger partial charge in [0.15, 0.2) is 0 Å². The van der Waals surface area contributed by atoms with E-state index in [9.17, 15) is 4.79 Å². The van der Waals surface area contributed by atoms with Crippen LogP contribution in [0.4, 0.5) is 0 Å². The molecule has 1 aliphatic rings. The Hall–Kier alpha value is -2.07. The first-order valence-electron chi connectivity index (χ1n) is 6.82. The summed E-state index contributed by atoms with van der Waals surface area (Å²) in [4.78, 5) is 13.1. The Labute approximate surface area is 118 Å². The largest absolute Gasteiger partial charge is 0.480 e. The van der Waals surface area contributed by atoms with Crippen LogP contribution in [0.25, 0.3) is 0 Å². The van der Waals surface area contributed by atoms with Crippen LogP contribution in [0.15, 0.2) is 42.6 Å². The molecule has 0 aliphatic carbocycles. The fourth-order valence-corrected chi connectivity index (χ4v) is 3.00. The van der Waals surface area contributed by atoms with E-state index in [0.29, 0.717) is 0 Å². The van der Waals surface area contributed by atoms with Crippen LogP contribution in [-0.4, -0.2) is 33.6 Å². The minimum Gasteiger partial charge on any atom is -0.480 e. The van der Waals surface area contributed by atoms with E-state index in [1.165, 1.54) is 11.3 Å². The molecule has 0 spiro atoms. The van der Waals surface area contributed by atoms with Gasteiger partial charge in [0.1, 0.15) is 0 Å². The number of aryl methyl sites for hydroxylation is 1. The van der Waals surface area contributed by atoms with Gasteiger partial charge in [-0.2, -0.15) is 0 Å². The zero-order valence-corrected chi connectivity index (χ0v) is 11.5. The zero-order chi connectivity index (χ0) is 14.1. The van der Waals surface area contributed by atoms with Gasteiger partial charge in [-0.05, 0) is 24.6 Å². The number of aromatic nitrogens is 1. The SMILES string of the molecule is Cc1cccc(C2c3cccn3CCN2CC(=O)O)c1. The molecular formula is C16H18N2O2. The predicted octanol–water partition coefficient (Wildman–Crippen LogP) is 2.29. The number of hydrogen-bond acceptors (Lipinski definition) is 2. The molecule has 4 nitrogen and oxygen atoms in total. The Kier molecular flexibility index (Phi) is 3.32. The normalized spacial score (nSPS) is 18.8. The third-order valence-electron chi connectivity index (χ3n) is 3.83. The first-order chi connectivity index (χ1) is 9.65. The van der Waals surface area contributed by atoms with Gasteiger partial charge in [-0.1, -0.05) is 29.8 Å². The Morgan fingerprint density at radius 1 is 1.30 bits per heavy atom. The highest BCUT2D eigenvalue weighted by molar-refractivity contribution is 5.69. The Morgan fingerprint density at radius 2 is 2.15 bits per heavy atom. The molecule has 3 rings (SSSR count). The summed E-state index contributed by atoms with van der Waals surface area (Å²) in [6.07, 6.45) is 2.07. The lowest BCUT2D eigenvalue weighted by atomic mass is 9.98. The van der Waals surface area contributed by atoms with E-state index in [-0.39, 0.29) is 12.6 Å². The fraction of sp³-hybridized carbons (Fsp3) is 0.312. The highest BCUT2D eigenvalue weighted by atomic mass is 16.4. The predicted molar refractivity (Wildman–Crippen MR) is 76.7 cm³/mol. The van der Waals surface area contributed by atoms with E-state index in [2.05, 4.69) is 42.0 Å². The summed E-state index contributed by atoms with van der Waals surface area (Å²) in [6.45, 7) is 3.74. The second kappa shape index (κ2) is 5.13. The zero-order valence-electron chi connectivity index (χ0n) is 11.5. The summed E-state index contributed by atoms with van der Waals surface area (Å²) < 4.78 is 2.21. The number of rotatable bonds is 3. The van der Waals surface area contributed by atoms with Crippen molar-refractivity contribution >= 4 is 5.97 Å². The van der Waals surface area contributed by atoms with Gasteiger partial charge in [0.25, 0.3) is 0 Å². The topological polar surface area (TPSA) is 45.5 Å². The van der Waals surface area contributed by atoms with E-state index in [4.69, 9.17) is 5.11 Å². The van der Waals surface area contributed by atoms with Crippen LogP contribution in [0.5, 0.6) is 0 Å². The van der Waals surface area contributed by atoms with Gasteiger partial charge in [-0.15, -0.1) is 0 Å². The summed E-state index contributed by atoms with van der Waals surface area (Å²) in [7, 11) is 0. The minimum atomic E-state index is -0.775. The number of carboxylic acids is 1. The number of fused-ring (bicyclic) bond motifs is 1. The van der Waals surface area contributed by atoms with E-state index in [0.717, 1.165) is 18.7 Å². The minimum absolute atomic E-state index is 0.0229. The Morgan fingerprint density at radius 3 is 2.90 bits per heavy atom. The molecule has 104 valence electrons. The van der Waals surface area contributed by atoms with Gasteiger partial charge < -0.3 is 9.67 Å². The molecule has 0 saturated heterocycles. The number of carbonyl (C=O) groups is 1. The standard InChI is InChI=1S/C16H18N2O2/c1-12-4-2-5-13(10-12)16-14-6-3-7-17(14)8-9-18(16)11-15(19)20/h2-7,10,16H,8-9,11H2,1H3,(H,19,20). The third kappa shape index (κ3) is 2.34. The van der Waals surface area contributed by atoms with Crippen molar-refractivity contribution < 1.29 is 9.90 Å². The van der Waals surface area contributed by atoms with Crippen LogP contribution < -0.4 is 0 Å². The highest BCUT2D eigenvalue weighted by Crippen LogP contribution is 2.32. The maximum absolute atomic E-state index is 11.1. The average molecular weight is 270 g/mol.